The quantitative estimate of drug-likeness (QED) is 0.373. The lowest BCUT2D eigenvalue weighted by Gasteiger charge is -2.34. The molecular weight excluding hydrogens is 438 g/mol. The molecule has 0 bridgehead atoms. The van der Waals surface area contributed by atoms with Crippen LogP contribution in [-0.2, 0) is 6.42 Å². The molecule has 0 saturated carbocycles. The number of hydrogen-bond donors (Lipinski definition) is 3. The van der Waals surface area contributed by atoms with Gasteiger partial charge in [0.25, 0.3) is 0 Å². The van der Waals surface area contributed by atoms with E-state index in [0.717, 1.165) is 53.9 Å². The van der Waals surface area contributed by atoms with Gasteiger partial charge in [0.05, 0.1) is 11.3 Å². The molecule has 5 rings (SSSR count). The van der Waals surface area contributed by atoms with Gasteiger partial charge in [-0.15, -0.1) is 0 Å². The number of nitrogens with two attached hydrogens (primary N) is 1. The number of aromatic hydroxyl groups is 1. The fraction of sp³-hybridized carbons (Fsp3) is 0.214. The number of aromatic nitrogens is 1. The van der Waals surface area contributed by atoms with Crippen LogP contribution in [0.2, 0.25) is 0 Å². The van der Waals surface area contributed by atoms with Crippen LogP contribution >= 0.6 is 0 Å². The molecule has 1 aliphatic heterocycles. The minimum atomic E-state index is -0.432. The Morgan fingerprint density at radius 2 is 1.69 bits per heavy atom. The lowest BCUT2D eigenvalue weighted by molar-refractivity contribution is 0.100. The minimum absolute atomic E-state index is 0.0979. The maximum Gasteiger partial charge on any atom is 0.248 e. The van der Waals surface area contributed by atoms with E-state index in [2.05, 4.69) is 45.0 Å². The number of likely N-dealkylation sites (N-methyl/N-ethyl adjacent to an activating group) is 1. The van der Waals surface area contributed by atoms with Crippen LogP contribution in [0.25, 0.3) is 10.9 Å². The molecule has 0 radical (unpaired) electrons. The van der Waals surface area contributed by atoms with Gasteiger partial charge in [0.2, 0.25) is 5.91 Å². The van der Waals surface area contributed by atoms with E-state index >= 15 is 0 Å². The Labute approximate surface area is 204 Å². The highest BCUT2D eigenvalue weighted by Crippen LogP contribution is 2.28. The van der Waals surface area contributed by atoms with Gasteiger partial charge in [-0.1, -0.05) is 18.2 Å². The Balaban J connectivity index is 1.34. The Morgan fingerprint density at radius 3 is 2.37 bits per heavy atom. The molecule has 1 fully saturated rings. The number of nitrogens with zero attached hydrogens (tertiary/aromatic N) is 3. The monoisotopic (exact) mass is 467 g/mol. The maximum atomic E-state index is 11.3. The third-order valence-corrected chi connectivity index (χ3v) is 6.59. The van der Waals surface area contributed by atoms with E-state index in [1.54, 1.807) is 18.3 Å². The average Bonchev–Trinajstić information content (AvgIpc) is 3.18. The van der Waals surface area contributed by atoms with Gasteiger partial charge in [0, 0.05) is 54.5 Å². The molecule has 2 heterocycles. The van der Waals surface area contributed by atoms with Crippen LogP contribution < -0.4 is 10.6 Å². The highest BCUT2D eigenvalue weighted by Gasteiger charge is 2.14. The van der Waals surface area contributed by atoms with Crippen molar-refractivity contribution in [3.8, 4) is 5.88 Å². The lowest BCUT2D eigenvalue weighted by Crippen LogP contribution is -2.44. The van der Waals surface area contributed by atoms with Gasteiger partial charge >= 0.3 is 0 Å². The van der Waals surface area contributed by atoms with Crippen molar-refractivity contribution in [3.05, 3.63) is 89.0 Å². The molecule has 0 spiro atoms. The summed E-state index contributed by atoms with van der Waals surface area (Å²) in [4.78, 5) is 23.7. The van der Waals surface area contributed by atoms with Crippen LogP contribution in [0, 0.1) is 0 Å². The fourth-order valence-electron chi connectivity index (χ4n) is 4.46. The zero-order chi connectivity index (χ0) is 24.4. The smallest absolute Gasteiger partial charge is 0.248 e. The Kier molecular flexibility index (Phi) is 6.25. The Hall–Kier alpha value is -4.10. The van der Waals surface area contributed by atoms with Crippen LogP contribution in [0.5, 0.6) is 5.88 Å². The van der Waals surface area contributed by atoms with Crippen molar-refractivity contribution in [1.29, 1.82) is 0 Å². The Morgan fingerprint density at radius 1 is 1.00 bits per heavy atom. The van der Waals surface area contributed by atoms with E-state index < -0.39 is 5.91 Å². The molecule has 1 aliphatic rings. The largest absolute Gasteiger partial charge is 0.494 e. The molecule has 4 aromatic rings. The number of aromatic amines is 1. The van der Waals surface area contributed by atoms with Crippen molar-refractivity contribution in [2.75, 3.05) is 38.1 Å². The predicted octanol–water partition coefficient (Wildman–Crippen LogP) is 4.07. The highest BCUT2D eigenvalue weighted by molar-refractivity contribution is 6.03. The van der Waals surface area contributed by atoms with Crippen LogP contribution in [0.1, 0.15) is 27.0 Å². The van der Waals surface area contributed by atoms with Gasteiger partial charge < -0.3 is 25.6 Å². The van der Waals surface area contributed by atoms with Gasteiger partial charge in [-0.3, -0.25) is 9.79 Å². The van der Waals surface area contributed by atoms with Crippen molar-refractivity contribution in [3.63, 3.8) is 0 Å². The molecular formula is C28H29N5O2. The van der Waals surface area contributed by atoms with E-state index in [4.69, 9.17) is 5.73 Å². The maximum absolute atomic E-state index is 11.3. The van der Waals surface area contributed by atoms with Crippen LogP contribution in [0.3, 0.4) is 0 Å². The second-order valence-corrected chi connectivity index (χ2v) is 9.07. The number of piperazine rings is 1. The second kappa shape index (κ2) is 9.64. The first kappa shape index (κ1) is 22.7. The molecule has 1 amide bonds. The number of carbonyl (C=O) groups excluding carboxylic acids is 1. The summed E-state index contributed by atoms with van der Waals surface area (Å²) < 4.78 is 0. The summed E-state index contributed by atoms with van der Waals surface area (Å²) in [6, 6.07) is 21.6. The number of amides is 1. The SMILES string of the molecule is CN1CCN(c2ccc(N=Cc3c(O)[nH]c4ccc(Cc5ccc(C(N)=O)cc5)cc34)cc2)CC1. The molecule has 7 nitrogen and oxygen atoms in total. The molecule has 178 valence electrons. The number of primary amides is 1. The summed E-state index contributed by atoms with van der Waals surface area (Å²) in [6.07, 6.45) is 2.41. The number of rotatable bonds is 6. The van der Waals surface area contributed by atoms with Crippen molar-refractivity contribution in [2.45, 2.75) is 6.42 Å². The van der Waals surface area contributed by atoms with Crippen LogP contribution in [0.15, 0.2) is 71.7 Å². The normalized spacial score (nSPS) is 14.7. The molecule has 1 aromatic heterocycles. The Bertz CT molecular complexity index is 1370. The molecule has 35 heavy (non-hydrogen) atoms. The number of anilines is 1. The van der Waals surface area contributed by atoms with Crippen LogP contribution in [-0.4, -0.2) is 60.3 Å². The topological polar surface area (TPSA) is 97.9 Å². The van der Waals surface area contributed by atoms with Gasteiger partial charge in [0.15, 0.2) is 5.88 Å². The molecule has 7 heteroatoms. The predicted molar refractivity (Wildman–Crippen MR) is 141 cm³/mol. The molecule has 0 unspecified atom stereocenters. The average molecular weight is 468 g/mol. The zero-order valence-electron chi connectivity index (χ0n) is 19.7. The van der Waals surface area contributed by atoms with Gasteiger partial charge in [-0.2, -0.15) is 0 Å². The number of nitrogens with one attached hydrogen (secondary N) is 1. The first-order valence-electron chi connectivity index (χ1n) is 11.8. The van der Waals surface area contributed by atoms with Gasteiger partial charge in [0.1, 0.15) is 0 Å². The van der Waals surface area contributed by atoms with Crippen molar-refractivity contribution >= 4 is 34.4 Å². The summed E-state index contributed by atoms with van der Waals surface area (Å²) in [5.41, 5.74) is 11.5. The summed E-state index contributed by atoms with van der Waals surface area (Å²) in [6.45, 7) is 4.20. The lowest BCUT2D eigenvalue weighted by atomic mass is 10.0. The number of carbonyl (C=O) groups is 1. The zero-order valence-corrected chi connectivity index (χ0v) is 19.7. The number of H-pyrrole nitrogens is 1. The van der Waals surface area contributed by atoms with Gasteiger partial charge in [-0.05, 0) is 73.1 Å². The summed E-state index contributed by atoms with van der Waals surface area (Å²) in [5.74, 6) is -0.334. The first-order chi connectivity index (χ1) is 17.0. The number of fused-ring (bicyclic) bond motifs is 1. The summed E-state index contributed by atoms with van der Waals surface area (Å²) in [7, 11) is 2.15. The van der Waals surface area contributed by atoms with E-state index in [1.165, 1.54) is 5.69 Å². The van der Waals surface area contributed by atoms with Crippen molar-refractivity contribution in [2.24, 2.45) is 10.7 Å². The second-order valence-electron chi connectivity index (χ2n) is 9.07. The van der Waals surface area contributed by atoms with E-state index in [-0.39, 0.29) is 5.88 Å². The molecule has 3 aromatic carbocycles. The third kappa shape index (κ3) is 5.05. The minimum Gasteiger partial charge on any atom is -0.494 e. The molecule has 0 atom stereocenters. The fourth-order valence-corrected chi connectivity index (χ4v) is 4.46. The van der Waals surface area contributed by atoms with E-state index in [1.807, 2.05) is 36.4 Å². The number of aliphatic imine (C=N–C) groups is 1. The first-order valence-corrected chi connectivity index (χ1v) is 11.8. The molecule has 0 aliphatic carbocycles. The van der Waals surface area contributed by atoms with Crippen molar-refractivity contribution in [1.82, 2.24) is 9.88 Å². The summed E-state index contributed by atoms with van der Waals surface area (Å²) >= 11 is 0. The summed E-state index contributed by atoms with van der Waals surface area (Å²) in [5, 5.41) is 11.4. The van der Waals surface area contributed by atoms with E-state index in [0.29, 0.717) is 17.5 Å². The standard InChI is InChI=1S/C28H29N5O2/c1-32-12-14-33(15-13-32)23-9-7-22(8-10-23)30-18-25-24-17-20(4-11-26(24)31-28(25)35)16-19-2-5-21(6-3-19)27(29)34/h2-11,17-18,31,35H,12-16H2,1H3,(H2,29,34). The van der Waals surface area contributed by atoms with Gasteiger partial charge in [-0.25, -0.2) is 0 Å². The third-order valence-electron chi connectivity index (χ3n) is 6.59. The number of hydrogen-bond acceptors (Lipinski definition) is 5. The highest BCUT2D eigenvalue weighted by atomic mass is 16.3. The number of benzene rings is 3. The van der Waals surface area contributed by atoms with Crippen molar-refractivity contribution < 1.29 is 9.90 Å². The van der Waals surface area contributed by atoms with E-state index in [9.17, 15) is 9.90 Å². The molecule has 1 saturated heterocycles. The molecule has 4 N–H and O–H groups in total. The van der Waals surface area contributed by atoms with Crippen LogP contribution in [0.4, 0.5) is 11.4 Å².